The first kappa shape index (κ1) is 19.0. The number of hydrogen-bond acceptors (Lipinski definition) is 0. The van der Waals surface area contributed by atoms with E-state index in [0.717, 1.165) is 18.8 Å². The summed E-state index contributed by atoms with van der Waals surface area (Å²) in [6, 6.07) is 29.0. The van der Waals surface area contributed by atoms with Gasteiger partial charge in [0.1, 0.15) is 0 Å². The highest BCUT2D eigenvalue weighted by Gasteiger charge is 2.35. The highest BCUT2D eigenvalue weighted by atomic mass is 14.4. The lowest BCUT2D eigenvalue weighted by Crippen LogP contribution is -2.21. The Morgan fingerprint density at radius 2 is 1.36 bits per heavy atom. The quantitative estimate of drug-likeness (QED) is 0.428. The fourth-order valence-corrected chi connectivity index (χ4v) is 4.70. The van der Waals surface area contributed by atoms with E-state index in [-0.39, 0.29) is 5.41 Å². The molecule has 1 aliphatic carbocycles. The molecule has 1 atom stereocenters. The van der Waals surface area contributed by atoms with Crippen LogP contribution in [0.3, 0.4) is 0 Å². The molecule has 0 radical (unpaired) electrons. The van der Waals surface area contributed by atoms with Gasteiger partial charge in [-0.3, -0.25) is 0 Å². The van der Waals surface area contributed by atoms with Crippen molar-refractivity contribution in [2.45, 2.75) is 57.8 Å². The van der Waals surface area contributed by atoms with Crippen molar-refractivity contribution in [3.8, 4) is 0 Å². The van der Waals surface area contributed by atoms with Crippen molar-refractivity contribution in [1.29, 1.82) is 0 Å². The lowest BCUT2D eigenvalue weighted by Gasteiger charge is -2.31. The maximum atomic E-state index is 2.42. The second-order valence-electron chi connectivity index (χ2n) is 9.43. The van der Waals surface area contributed by atoms with Crippen LogP contribution in [-0.2, 0) is 18.3 Å². The van der Waals surface area contributed by atoms with E-state index in [2.05, 4.69) is 99.6 Å². The minimum Gasteiger partial charge on any atom is -0.0622 e. The van der Waals surface area contributed by atoms with Gasteiger partial charge < -0.3 is 0 Å². The molecule has 3 aromatic rings. The van der Waals surface area contributed by atoms with Crippen LogP contribution in [0.15, 0.2) is 78.9 Å². The van der Waals surface area contributed by atoms with Crippen molar-refractivity contribution in [3.05, 3.63) is 107 Å². The molecule has 144 valence electrons. The van der Waals surface area contributed by atoms with Crippen LogP contribution in [0.5, 0.6) is 0 Å². The van der Waals surface area contributed by atoms with Crippen LogP contribution in [0.25, 0.3) is 0 Å². The van der Waals surface area contributed by atoms with Crippen molar-refractivity contribution in [3.63, 3.8) is 0 Å². The Kier molecular flexibility index (Phi) is 5.40. The SMILES string of the molecule is CC(C)(C)c1c(Cc2ccccc2)cccc1C(Cc1ccccc1)C1CC1. The van der Waals surface area contributed by atoms with Crippen molar-refractivity contribution in [1.82, 2.24) is 0 Å². The van der Waals surface area contributed by atoms with Crippen LogP contribution in [0, 0.1) is 5.92 Å². The van der Waals surface area contributed by atoms with Crippen LogP contribution in [0.2, 0.25) is 0 Å². The van der Waals surface area contributed by atoms with Gasteiger partial charge in [0.05, 0.1) is 0 Å². The third kappa shape index (κ3) is 4.38. The zero-order valence-corrected chi connectivity index (χ0v) is 17.5. The minimum atomic E-state index is 0.143. The largest absolute Gasteiger partial charge is 0.0622 e. The molecule has 0 aliphatic heterocycles. The molecule has 0 amide bonds. The predicted molar refractivity (Wildman–Crippen MR) is 120 cm³/mol. The molecule has 1 saturated carbocycles. The maximum Gasteiger partial charge on any atom is -0.00227 e. The second-order valence-corrected chi connectivity index (χ2v) is 9.43. The molecule has 1 fully saturated rings. The highest BCUT2D eigenvalue weighted by Crippen LogP contribution is 2.47. The lowest BCUT2D eigenvalue weighted by molar-refractivity contribution is 0.539. The molecular formula is C28H32. The van der Waals surface area contributed by atoms with Gasteiger partial charge in [0.15, 0.2) is 0 Å². The third-order valence-electron chi connectivity index (χ3n) is 6.06. The topological polar surface area (TPSA) is 0 Å². The molecule has 0 nitrogen and oxygen atoms in total. The molecule has 0 heterocycles. The van der Waals surface area contributed by atoms with Gasteiger partial charge in [0.2, 0.25) is 0 Å². The molecule has 1 aliphatic rings. The van der Waals surface area contributed by atoms with Crippen molar-refractivity contribution in [2.24, 2.45) is 5.92 Å². The predicted octanol–water partition coefficient (Wildman–Crippen LogP) is 7.31. The smallest absolute Gasteiger partial charge is 0.00227 e. The zero-order valence-electron chi connectivity index (χ0n) is 17.5. The Hall–Kier alpha value is -2.34. The van der Waals surface area contributed by atoms with E-state index < -0.39 is 0 Å². The van der Waals surface area contributed by atoms with E-state index in [9.17, 15) is 0 Å². The standard InChI is InChI=1S/C28H32/c1-28(2,3)27-24(19-21-11-6-4-7-12-21)15-10-16-25(27)26(23-17-18-23)20-22-13-8-5-9-14-22/h4-16,23,26H,17-20H2,1-3H3. The molecule has 3 aromatic carbocycles. The lowest BCUT2D eigenvalue weighted by atomic mass is 9.74. The average Bonchev–Trinajstić information content (AvgIpc) is 3.52. The summed E-state index contributed by atoms with van der Waals surface area (Å²) in [6.45, 7) is 7.15. The minimum absolute atomic E-state index is 0.143. The van der Waals surface area contributed by atoms with Crippen molar-refractivity contribution >= 4 is 0 Å². The van der Waals surface area contributed by atoms with Crippen molar-refractivity contribution in [2.75, 3.05) is 0 Å². The summed E-state index contributed by atoms with van der Waals surface area (Å²) in [5.41, 5.74) is 7.67. The Morgan fingerprint density at radius 3 is 1.93 bits per heavy atom. The van der Waals surface area contributed by atoms with Gasteiger partial charge in [-0.05, 0) is 70.8 Å². The number of hydrogen-bond donors (Lipinski definition) is 0. The summed E-state index contributed by atoms with van der Waals surface area (Å²) < 4.78 is 0. The van der Waals surface area contributed by atoms with Crippen LogP contribution < -0.4 is 0 Å². The van der Waals surface area contributed by atoms with Gasteiger partial charge in [0, 0.05) is 0 Å². The highest BCUT2D eigenvalue weighted by molar-refractivity contribution is 5.45. The molecule has 4 rings (SSSR count). The average molecular weight is 369 g/mol. The fourth-order valence-electron chi connectivity index (χ4n) is 4.70. The Morgan fingerprint density at radius 1 is 0.750 bits per heavy atom. The van der Waals surface area contributed by atoms with E-state index in [0.29, 0.717) is 5.92 Å². The third-order valence-corrected chi connectivity index (χ3v) is 6.06. The summed E-state index contributed by atoms with van der Waals surface area (Å²) in [7, 11) is 0. The van der Waals surface area contributed by atoms with E-state index in [4.69, 9.17) is 0 Å². The summed E-state index contributed by atoms with van der Waals surface area (Å²) in [6.07, 6.45) is 4.93. The van der Waals surface area contributed by atoms with Crippen LogP contribution >= 0.6 is 0 Å². The monoisotopic (exact) mass is 368 g/mol. The van der Waals surface area contributed by atoms with Crippen LogP contribution in [-0.4, -0.2) is 0 Å². The van der Waals surface area contributed by atoms with Crippen LogP contribution in [0.4, 0.5) is 0 Å². The molecule has 28 heavy (non-hydrogen) atoms. The number of benzene rings is 3. The fraction of sp³-hybridized carbons (Fsp3) is 0.357. The first-order valence-corrected chi connectivity index (χ1v) is 10.7. The Labute approximate surface area is 170 Å². The molecule has 1 unspecified atom stereocenters. The molecular weight excluding hydrogens is 336 g/mol. The zero-order chi connectivity index (χ0) is 19.6. The first-order valence-electron chi connectivity index (χ1n) is 10.7. The molecule has 0 spiro atoms. The van der Waals surface area contributed by atoms with Crippen molar-refractivity contribution < 1.29 is 0 Å². The number of rotatable bonds is 6. The van der Waals surface area contributed by atoms with Gasteiger partial charge >= 0.3 is 0 Å². The first-order chi connectivity index (χ1) is 13.5. The van der Waals surface area contributed by atoms with Gasteiger partial charge in [0.25, 0.3) is 0 Å². The van der Waals surface area contributed by atoms with E-state index in [1.807, 2.05) is 0 Å². The van der Waals surface area contributed by atoms with Gasteiger partial charge in [-0.2, -0.15) is 0 Å². The molecule has 0 saturated heterocycles. The van der Waals surface area contributed by atoms with E-state index in [1.54, 1.807) is 11.1 Å². The summed E-state index contributed by atoms with van der Waals surface area (Å²) in [5, 5.41) is 0. The normalized spacial score (nSPS) is 15.4. The van der Waals surface area contributed by atoms with E-state index >= 15 is 0 Å². The summed E-state index contributed by atoms with van der Waals surface area (Å²) in [5.74, 6) is 1.47. The summed E-state index contributed by atoms with van der Waals surface area (Å²) >= 11 is 0. The molecule has 0 N–H and O–H groups in total. The van der Waals surface area contributed by atoms with Gasteiger partial charge in [-0.25, -0.2) is 0 Å². The van der Waals surface area contributed by atoms with Gasteiger partial charge in [-0.1, -0.05) is 99.6 Å². The molecule has 0 aromatic heterocycles. The van der Waals surface area contributed by atoms with E-state index in [1.165, 1.54) is 29.5 Å². The Balaban J connectivity index is 1.75. The molecule has 0 bridgehead atoms. The maximum absolute atomic E-state index is 2.42. The van der Waals surface area contributed by atoms with Gasteiger partial charge in [-0.15, -0.1) is 0 Å². The second kappa shape index (κ2) is 7.95. The molecule has 0 heteroatoms. The van der Waals surface area contributed by atoms with Crippen LogP contribution in [0.1, 0.15) is 67.3 Å². The summed E-state index contributed by atoms with van der Waals surface area (Å²) in [4.78, 5) is 0. The Bertz CT molecular complexity index is 896.